The predicted octanol–water partition coefficient (Wildman–Crippen LogP) is 5.07. The monoisotopic (exact) mass is 233 g/mol. The normalized spacial score (nSPS) is 11.9. The van der Waals surface area contributed by atoms with Gasteiger partial charge >= 0.3 is 0 Å². The first kappa shape index (κ1) is 14.2. The van der Waals surface area contributed by atoms with E-state index in [-0.39, 0.29) is 0 Å². The smallest absolute Gasteiger partial charge is 0.0469 e. The highest BCUT2D eigenvalue weighted by Crippen LogP contribution is 2.35. The quantitative estimate of drug-likeness (QED) is 0.710. The zero-order valence-electron chi connectivity index (χ0n) is 12.7. The van der Waals surface area contributed by atoms with Crippen molar-refractivity contribution < 1.29 is 0 Å². The molecule has 1 heterocycles. The molecule has 0 spiro atoms. The van der Waals surface area contributed by atoms with E-state index in [1.165, 1.54) is 28.1 Å². The minimum absolute atomic E-state index is 0.504. The first-order valence-electron chi connectivity index (χ1n) is 6.78. The number of rotatable bonds is 3. The minimum Gasteiger partial charge on any atom is -0.257 e. The van der Waals surface area contributed by atoms with E-state index in [0.717, 1.165) is 0 Å². The van der Waals surface area contributed by atoms with E-state index in [1.54, 1.807) is 0 Å². The Morgan fingerprint density at radius 1 is 0.706 bits per heavy atom. The molecular weight excluding hydrogens is 206 g/mol. The van der Waals surface area contributed by atoms with Crippen LogP contribution in [0.1, 0.15) is 87.4 Å². The number of nitrogens with zero attached hydrogens (tertiary/aromatic N) is 1. The summed E-state index contributed by atoms with van der Waals surface area (Å²) in [4.78, 5) is 4.84. The summed E-state index contributed by atoms with van der Waals surface area (Å²) < 4.78 is 0. The first-order valence-corrected chi connectivity index (χ1v) is 6.78. The number of hydrogen-bond acceptors (Lipinski definition) is 1. The van der Waals surface area contributed by atoms with Crippen molar-refractivity contribution in [2.75, 3.05) is 0 Å². The van der Waals surface area contributed by atoms with E-state index in [2.05, 4.69) is 55.4 Å². The highest BCUT2D eigenvalue weighted by atomic mass is 14.7. The highest BCUT2D eigenvalue weighted by Gasteiger charge is 2.21. The lowest BCUT2D eigenvalue weighted by atomic mass is 9.83. The molecule has 1 rings (SSSR count). The third-order valence-electron chi connectivity index (χ3n) is 3.50. The van der Waals surface area contributed by atoms with E-state index in [4.69, 9.17) is 4.98 Å². The molecule has 96 valence electrons. The van der Waals surface area contributed by atoms with Crippen LogP contribution < -0.4 is 0 Å². The standard InChI is InChI=1S/C16H27N/c1-9(2)14-12(7)13(8)17-16(11(5)6)15(14)10(3)4/h9-11H,1-8H3. The fraction of sp³-hybridized carbons (Fsp3) is 0.688. The molecule has 1 aromatic heterocycles. The summed E-state index contributed by atoms with van der Waals surface area (Å²) in [6, 6.07) is 0. The molecule has 0 bridgehead atoms. The third-order valence-corrected chi connectivity index (χ3v) is 3.50. The Morgan fingerprint density at radius 3 is 1.53 bits per heavy atom. The predicted molar refractivity (Wildman–Crippen MR) is 76.0 cm³/mol. The molecule has 0 radical (unpaired) electrons. The van der Waals surface area contributed by atoms with E-state index in [9.17, 15) is 0 Å². The van der Waals surface area contributed by atoms with Crippen molar-refractivity contribution in [2.45, 2.75) is 73.1 Å². The molecule has 1 heteroatoms. The van der Waals surface area contributed by atoms with Gasteiger partial charge in [0, 0.05) is 11.4 Å². The molecule has 1 nitrogen and oxygen atoms in total. The molecule has 0 fully saturated rings. The van der Waals surface area contributed by atoms with Gasteiger partial charge in [-0.05, 0) is 48.3 Å². The number of pyridine rings is 1. The molecule has 0 aliphatic heterocycles. The molecule has 0 saturated carbocycles. The van der Waals surface area contributed by atoms with Crippen molar-refractivity contribution in [1.29, 1.82) is 0 Å². The van der Waals surface area contributed by atoms with Crippen molar-refractivity contribution in [2.24, 2.45) is 0 Å². The Labute approximate surface area is 107 Å². The van der Waals surface area contributed by atoms with Gasteiger partial charge in [0.2, 0.25) is 0 Å². The Bertz CT molecular complexity index is 400. The van der Waals surface area contributed by atoms with Crippen LogP contribution >= 0.6 is 0 Å². The van der Waals surface area contributed by atoms with Gasteiger partial charge in [0.1, 0.15) is 0 Å². The molecule has 0 aliphatic rings. The van der Waals surface area contributed by atoms with E-state index in [1.807, 2.05) is 0 Å². The molecule has 1 aromatic rings. The van der Waals surface area contributed by atoms with Crippen molar-refractivity contribution >= 4 is 0 Å². The molecule has 0 aliphatic carbocycles. The number of aromatic nitrogens is 1. The van der Waals surface area contributed by atoms with Crippen molar-refractivity contribution in [3.63, 3.8) is 0 Å². The molecular formula is C16H27N. The topological polar surface area (TPSA) is 12.9 Å². The maximum atomic E-state index is 4.84. The zero-order chi connectivity index (χ0) is 13.3. The summed E-state index contributed by atoms with van der Waals surface area (Å²) in [5.41, 5.74) is 6.89. The van der Waals surface area contributed by atoms with Crippen LogP contribution in [0, 0.1) is 13.8 Å². The maximum Gasteiger partial charge on any atom is 0.0469 e. The Hall–Kier alpha value is -0.850. The summed E-state index contributed by atoms with van der Waals surface area (Å²) in [5, 5.41) is 0. The molecule has 0 aromatic carbocycles. The van der Waals surface area contributed by atoms with Gasteiger partial charge in [-0.1, -0.05) is 41.5 Å². The molecule has 0 atom stereocenters. The lowest BCUT2D eigenvalue weighted by Crippen LogP contribution is -2.12. The van der Waals surface area contributed by atoms with Gasteiger partial charge in [-0.25, -0.2) is 0 Å². The average Bonchev–Trinajstić information content (AvgIpc) is 2.19. The highest BCUT2D eigenvalue weighted by molar-refractivity contribution is 5.44. The Kier molecular flexibility index (Phi) is 4.35. The van der Waals surface area contributed by atoms with Crippen LogP contribution in [0.3, 0.4) is 0 Å². The fourth-order valence-electron chi connectivity index (χ4n) is 2.65. The van der Waals surface area contributed by atoms with Crippen LogP contribution in [-0.4, -0.2) is 4.98 Å². The summed E-state index contributed by atoms with van der Waals surface area (Å²) in [6.45, 7) is 18.0. The fourth-order valence-corrected chi connectivity index (χ4v) is 2.65. The average molecular weight is 233 g/mol. The zero-order valence-corrected chi connectivity index (χ0v) is 12.7. The Morgan fingerprint density at radius 2 is 1.18 bits per heavy atom. The van der Waals surface area contributed by atoms with Crippen molar-refractivity contribution in [1.82, 2.24) is 4.98 Å². The largest absolute Gasteiger partial charge is 0.257 e. The number of hydrogen-bond donors (Lipinski definition) is 0. The van der Waals surface area contributed by atoms with Crippen LogP contribution in [0.2, 0.25) is 0 Å². The second kappa shape index (κ2) is 5.20. The van der Waals surface area contributed by atoms with Gasteiger partial charge < -0.3 is 0 Å². The summed E-state index contributed by atoms with van der Waals surface area (Å²) in [5.74, 6) is 1.63. The minimum atomic E-state index is 0.504. The van der Waals surface area contributed by atoms with Gasteiger partial charge in [0.05, 0.1) is 0 Å². The maximum absolute atomic E-state index is 4.84. The van der Waals surface area contributed by atoms with Gasteiger partial charge in [-0.3, -0.25) is 4.98 Å². The summed E-state index contributed by atoms with van der Waals surface area (Å²) in [6.07, 6.45) is 0. The Balaban J connectivity index is 3.64. The van der Waals surface area contributed by atoms with Gasteiger partial charge in [0.25, 0.3) is 0 Å². The van der Waals surface area contributed by atoms with Crippen LogP contribution in [0.5, 0.6) is 0 Å². The lowest BCUT2D eigenvalue weighted by molar-refractivity contribution is 0.712. The van der Waals surface area contributed by atoms with Crippen LogP contribution in [0.4, 0.5) is 0 Å². The van der Waals surface area contributed by atoms with E-state index >= 15 is 0 Å². The van der Waals surface area contributed by atoms with E-state index < -0.39 is 0 Å². The first-order chi connectivity index (χ1) is 7.77. The molecule has 17 heavy (non-hydrogen) atoms. The molecule has 0 saturated heterocycles. The SMILES string of the molecule is Cc1nc(C(C)C)c(C(C)C)c(C(C)C)c1C. The third kappa shape index (κ3) is 2.70. The van der Waals surface area contributed by atoms with Crippen LogP contribution in [-0.2, 0) is 0 Å². The van der Waals surface area contributed by atoms with E-state index in [0.29, 0.717) is 17.8 Å². The lowest BCUT2D eigenvalue weighted by Gasteiger charge is -2.25. The molecule has 0 N–H and O–H groups in total. The summed E-state index contributed by atoms with van der Waals surface area (Å²) in [7, 11) is 0. The van der Waals surface area contributed by atoms with Gasteiger partial charge in [0.15, 0.2) is 0 Å². The summed E-state index contributed by atoms with van der Waals surface area (Å²) >= 11 is 0. The van der Waals surface area contributed by atoms with Gasteiger partial charge in [-0.2, -0.15) is 0 Å². The van der Waals surface area contributed by atoms with Crippen molar-refractivity contribution in [3.8, 4) is 0 Å². The molecule has 0 amide bonds. The molecule has 0 unspecified atom stereocenters. The van der Waals surface area contributed by atoms with Crippen molar-refractivity contribution in [3.05, 3.63) is 28.1 Å². The van der Waals surface area contributed by atoms with Gasteiger partial charge in [-0.15, -0.1) is 0 Å². The van der Waals surface area contributed by atoms with Crippen LogP contribution in [0.25, 0.3) is 0 Å². The number of aryl methyl sites for hydroxylation is 1. The second-order valence-electron chi connectivity index (χ2n) is 6.00. The van der Waals surface area contributed by atoms with Crippen LogP contribution in [0.15, 0.2) is 0 Å². The second-order valence-corrected chi connectivity index (χ2v) is 6.00.